The smallest absolute Gasteiger partial charge is 0.417 e. The molecule has 1 aliphatic rings. The number of hydrogen-bond acceptors (Lipinski definition) is 4. The van der Waals surface area contributed by atoms with Gasteiger partial charge in [-0.25, -0.2) is 4.39 Å². The molecule has 1 unspecified atom stereocenters. The molecule has 0 bridgehead atoms. The zero-order valence-corrected chi connectivity index (χ0v) is 21.5. The van der Waals surface area contributed by atoms with Gasteiger partial charge in [0.05, 0.1) is 24.7 Å². The van der Waals surface area contributed by atoms with Gasteiger partial charge in [0, 0.05) is 30.1 Å². The van der Waals surface area contributed by atoms with Crippen LogP contribution in [0, 0.1) is 23.7 Å². The van der Waals surface area contributed by atoms with Crippen molar-refractivity contribution in [1.29, 1.82) is 0 Å². The van der Waals surface area contributed by atoms with Crippen molar-refractivity contribution in [3.8, 4) is 17.6 Å². The van der Waals surface area contributed by atoms with Gasteiger partial charge in [-0.2, -0.15) is 13.2 Å². The number of carboxylic acids is 1. The average molecular weight is 543 g/mol. The molecule has 1 fully saturated rings. The maximum atomic E-state index is 15.5. The van der Waals surface area contributed by atoms with Crippen LogP contribution in [0.4, 0.5) is 17.6 Å². The van der Waals surface area contributed by atoms with E-state index in [-0.39, 0.29) is 36.8 Å². The number of pyridine rings is 1. The minimum atomic E-state index is -4.49. The number of carbonyl (C=O) groups is 1. The van der Waals surface area contributed by atoms with Gasteiger partial charge in [-0.3, -0.25) is 14.7 Å². The molecule has 2 heterocycles. The molecule has 4 rings (SSSR count). The van der Waals surface area contributed by atoms with E-state index in [1.165, 1.54) is 18.2 Å². The first-order valence-corrected chi connectivity index (χ1v) is 12.8. The third-order valence-electron chi connectivity index (χ3n) is 7.28. The van der Waals surface area contributed by atoms with Crippen LogP contribution in [0.1, 0.15) is 48.5 Å². The topological polar surface area (TPSA) is 62.7 Å². The molecule has 206 valence electrons. The second kappa shape index (κ2) is 12.5. The molecule has 9 heteroatoms. The Morgan fingerprint density at radius 3 is 2.74 bits per heavy atom. The molecule has 5 nitrogen and oxygen atoms in total. The Bertz CT molecular complexity index is 1370. The maximum absolute atomic E-state index is 15.5. The molecule has 0 amide bonds. The summed E-state index contributed by atoms with van der Waals surface area (Å²) in [7, 11) is 1.55. The van der Waals surface area contributed by atoms with E-state index in [0.717, 1.165) is 6.07 Å². The normalized spacial score (nSPS) is 18.8. The number of piperidine rings is 1. The summed E-state index contributed by atoms with van der Waals surface area (Å²) >= 11 is 0. The van der Waals surface area contributed by atoms with Gasteiger partial charge in [-0.15, -0.1) is 0 Å². The highest BCUT2D eigenvalue weighted by Crippen LogP contribution is 2.36. The van der Waals surface area contributed by atoms with E-state index in [1.807, 2.05) is 4.90 Å². The quantitative estimate of drug-likeness (QED) is 0.260. The van der Waals surface area contributed by atoms with Gasteiger partial charge in [-0.05, 0) is 79.6 Å². The minimum absolute atomic E-state index is 0.0113. The summed E-state index contributed by atoms with van der Waals surface area (Å²) in [5, 5.41) is 10.2. The van der Waals surface area contributed by atoms with Crippen LogP contribution in [0.25, 0.3) is 10.9 Å². The molecular formula is C30H30F4N2O3. The fraction of sp³-hybridized carbons (Fsp3) is 0.400. The number of methoxy groups -OCH3 is 1. The molecule has 0 saturated carbocycles. The lowest BCUT2D eigenvalue weighted by molar-refractivity contribution is -0.139. The fourth-order valence-electron chi connectivity index (χ4n) is 5.28. The largest absolute Gasteiger partial charge is 0.497 e. The van der Waals surface area contributed by atoms with E-state index in [0.29, 0.717) is 48.1 Å². The second-order valence-corrected chi connectivity index (χ2v) is 9.82. The van der Waals surface area contributed by atoms with E-state index >= 15 is 4.39 Å². The molecule has 1 saturated heterocycles. The van der Waals surface area contributed by atoms with Crippen molar-refractivity contribution in [1.82, 2.24) is 9.88 Å². The summed E-state index contributed by atoms with van der Waals surface area (Å²) in [5.74, 6) is 4.94. The van der Waals surface area contributed by atoms with Crippen molar-refractivity contribution < 1.29 is 32.2 Å². The van der Waals surface area contributed by atoms with Gasteiger partial charge in [0.15, 0.2) is 0 Å². The second-order valence-electron chi connectivity index (χ2n) is 9.82. The molecule has 1 aromatic heterocycles. The van der Waals surface area contributed by atoms with Gasteiger partial charge < -0.3 is 9.84 Å². The van der Waals surface area contributed by atoms with E-state index in [2.05, 4.69) is 16.8 Å². The van der Waals surface area contributed by atoms with Crippen LogP contribution >= 0.6 is 0 Å². The zero-order valence-electron chi connectivity index (χ0n) is 21.5. The first-order valence-electron chi connectivity index (χ1n) is 12.8. The van der Waals surface area contributed by atoms with E-state index in [1.54, 1.807) is 37.6 Å². The highest BCUT2D eigenvalue weighted by Gasteiger charge is 2.33. The molecular weight excluding hydrogens is 512 g/mol. The predicted octanol–water partition coefficient (Wildman–Crippen LogP) is 6.52. The van der Waals surface area contributed by atoms with Crippen molar-refractivity contribution in [3.63, 3.8) is 0 Å². The van der Waals surface area contributed by atoms with Gasteiger partial charge in [0.1, 0.15) is 11.9 Å². The van der Waals surface area contributed by atoms with Crippen LogP contribution in [0.3, 0.4) is 0 Å². The van der Waals surface area contributed by atoms with Crippen LogP contribution < -0.4 is 4.74 Å². The number of hydrogen-bond donors (Lipinski definition) is 1. The number of aromatic nitrogens is 1. The number of benzene rings is 2. The molecule has 0 spiro atoms. The molecule has 39 heavy (non-hydrogen) atoms. The van der Waals surface area contributed by atoms with Gasteiger partial charge in [-0.1, -0.05) is 24.0 Å². The summed E-state index contributed by atoms with van der Waals surface area (Å²) in [6.07, 6.45) is -2.79. The number of ether oxygens (including phenoxy) is 1. The first-order chi connectivity index (χ1) is 18.7. The Hall–Kier alpha value is -3.64. The standard InChI is InChI=1S/C30H30F4N2O3/c1-39-23-9-11-28-25(18-23)24(12-14-35-28)27(31)10-8-20-13-16-36(19-22(20)17-29(37)38)15-4-6-21-5-2-3-7-26(21)30(32,33)34/h2-3,5,7,9,11-12,14,18,20,22,27H,8,10,13,15-17,19H2,1H3,(H,37,38)/t20-,22+,27?/m1/s1. The lowest BCUT2D eigenvalue weighted by Gasteiger charge is -2.37. The molecule has 3 atom stereocenters. The van der Waals surface area contributed by atoms with Crippen molar-refractivity contribution in [2.75, 3.05) is 26.7 Å². The van der Waals surface area contributed by atoms with Crippen LogP contribution in [0.2, 0.25) is 0 Å². The van der Waals surface area contributed by atoms with Crippen LogP contribution in [-0.4, -0.2) is 47.7 Å². The summed E-state index contributed by atoms with van der Waals surface area (Å²) < 4.78 is 60.4. The van der Waals surface area contributed by atoms with Gasteiger partial charge >= 0.3 is 12.1 Å². The summed E-state index contributed by atoms with van der Waals surface area (Å²) in [6.45, 7) is 1.28. The van der Waals surface area contributed by atoms with E-state index in [4.69, 9.17) is 4.74 Å². The minimum Gasteiger partial charge on any atom is -0.497 e. The number of nitrogens with zero attached hydrogens (tertiary/aromatic N) is 2. The summed E-state index contributed by atoms with van der Waals surface area (Å²) in [5.41, 5.74) is 0.339. The maximum Gasteiger partial charge on any atom is 0.417 e. The van der Waals surface area contributed by atoms with Crippen molar-refractivity contribution >= 4 is 16.9 Å². The van der Waals surface area contributed by atoms with Crippen molar-refractivity contribution in [3.05, 3.63) is 71.4 Å². The molecule has 0 radical (unpaired) electrons. The average Bonchev–Trinajstić information content (AvgIpc) is 2.91. The lowest BCUT2D eigenvalue weighted by atomic mass is 9.79. The number of alkyl halides is 4. The monoisotopic (exact) mass is 542 g/mol. The lowest BCUT2D eigenvalue weighted by Crippen LogP contribution is -2.41. The molecule has 1 N–H and O–H groups in total. The Balaban J connectivity index is 1.40. The van der Waals surface area contributed by atoms with Crippen LogP contribution in [-0.2, 0) is 11.0 Å². The Morgan fingerprint density at radius 2 is 2.00 bits per heavy atom. The fourth-order valence-corrected chi connectivity index (χ4v) is 5.28. The number of fused-ring (bicyclic) bond motifs is 1. The third kappa shape index (κ3) is 7.27. The van der Waals surface area contributed by atoms with Gasteiger partial charge in [0.2, 0.25) is 0 Å². The van der Waals surface area contributed by atoms with Crippen LogP contribution in [0.5, 0.6) is 5.75 Å². The number of rotatable bonds is 8. The van der Waals surface area contributed by atoms with E-state index in [9.17, 15) is 23.1 Å². The summed E-state index contributed by atoms with van der Waals surface area (Å²) in [4.78, 5) is 17.8. The SMILES string of the molecule is COc1ccc2nccc(C(F)CC[C@@H]3CCN(CC#Cc4ccccc4C(F)(F)F)C[C@@H]3CC(=O)O)c2c1. The van der Waals surface area contributed by atoms with Crippen LogP contribution in [0.15, 0.2) is 54.7 Å². The number of likely N-dealkylation sites (tertiary alicyclic amines) is 1. The highest BCUT2D eigenvalue weighted by molar-refractivity contribution is 5.83. The Labute approximate surface area is 224 Å². The predicted molar refractivity (Wildman–Crippen MR) is 140 cm³/mol. The first kappa shape index (κ1) is 28.4. The molecule has 1 aliphatic heterocycles. The zero-order chi connectivity index (χ0) is 28.0. The highest BCUT2D eigenvalue weighted by atomic mass is 19.4. The van der Waals surface area contributed by atoms with Gasteiger partial charge in [0.25, 0.3) is 0 Å². The van der Waals surface area contributed by atoms with Crippen molar-refractivity contribution in [2.24, 2.45) is 11.8 Å². The van der Waals surface area contributed by atoms with Crippen molar-refractivity contribution in [2.45, 2.75) is 38.0 Å². The Kier molecular flexibility index (Phi) is 9.08. The molecule has 2 aromatic carbocycles. The van der Waals surface area contributed by atoms with E-state index < -0.39 is 23.9 Å². The summed E-state index contributed by atoms with van der Waals surface area (Å²) in [6, 6.07) is 12.2. The number of halogens is 4. The third-order valence-corrected chi connectivity index (χ3v) is 7.28. The molecule has 0 aliphatic carbocycles. The molecule has 3 aromatic rings. The number of carboxylic acid groups (broad SMARTS) is 1. The number of aliphatic carboxylic acids is 1. The Morgan fingerprint density at radius 1 is 1.21 bits per heavy atom.